The van der Waals surface area contributed by atoms with E-state index in [1.54, 1.807) is 17.1 Å². The van der Waals surface area contributed by atoms with Crippen LogP contribution in [0.3, 0.4) is 0 Å². The summed E-state index contributed by atoms with van der Waals surface area (Å²) in [5.41, 5.74) is 1.95. The van der Waals surface area contributed by atoms with Gasteiger partial charge in [-0.05, 0) is 44.5 Å². The van der Waals surface area contributed by atoms with Crippen molar-refractivity contribution in [3.05, 3.63) is 51.9 Å². The highest BCUT2D eigenvalue weighted by Crippen LogP contribution is 2.42. The Balaban J connectivity index is 1.68. The second kappa shape index (κ2) is 7.19. The maximum Gasteiger partial charge on any atom is 0.131 e. The summed E-state index contributed by atoms with van der Waals surface area (Å²) in [5.74, 6) is 0.745. The van der Waals surface area contributed by atoms with E-state index in [4.69, 9.17) is 27.9 Å². The molecule has 0 amide bonds. The number of ether oxygens (including phenoxy) is 1. The number of fused-ring (bicyclic) bond motifs is 2. The van der Waals surface area contributed by atoms with Crippen LogP contribution in [-0.4, -0.2) is 38.1 Å². The molecule has 2 atom stereocenters. The van der Waals surface area contributed by atoms with Crippen LogP contribution in [0.4, 0.5) is 0 Å². The lowest BCUT2D eigenvalue weighted by Crippen LogP contribution is -2.52. The molecule has 0 saturated heterocycles. The van der Waals surface area contributed by atoms with Gasteiger partial charge in [0.2, 0.25) is 0 Å². The van der Waals surface area contributed by atoms with Gasteiger partial charge in [-0.25, -0.2) is 4.98 Å². The van der Waals surface area contributed by atoms with Crippen LogP contribution in [0.1, 0.15) is 31.0 Å². The van der Waals surface area contributed by atoms with Gasteiger partial charge < -0.3 is 15.2 Å². The number of hydrogen-bond acceptors (Lipinski definition) is 5. The van der Waals surface area contributed by atoms with Crippen LogP contribution >= 0.6 is 23.2 Å². The van der Waals surface area contributed by atoms with Crippen molar-refractivity contribution in [1.82, 2.24) is 20.1 Å². The SMILES string of the molecule is Cc1cc(Cl)nc2cc3c(cc12)OC(C)(C)C(O)C3NCCn1cc(Cl)cn1. The molecule has 28 heavy (non-hydrogen) atoms. The first-order valence-corrected chi connectivity index (χ1v) is 9.89. The highest BCUT2D eigenvalue weighted by molar-refractivity contribution is 6.30. The van der Waals surface area contributed by atoms with Crippen molar-refractivity contribution in [3.63, 3.8) is 0 Å². The topological polar surface area (TPSA) is 72.2 Å². The predicted molar refractivity (Wildman–Crippen MR) is 110 cm³/mol. The van der Waals surface area contributed by atoms with Crippen molar-refractivity contribution in [1.29, 1.82) is 0 Å². The van der Waals surface area contributed by atoms with E-state index in [9.17, 15) is 5.11 Å². The molecule has 0 spiro atoms. The van der Waals surface area contributed by atoms with Crippen molar-refractivity contribution in [2.24, 2.45) is 0 Å². The molecule has 3 heterocycles. The zero-order valence-corrected chi connectivity index (χ0v) is 17.4. The number of hydrogen-bond donors (Lipinski definition) is 2. The van der Waals surface area contributed by atoms with E-state index in [1.807, 2.05) is 39.0 Å². The van der Waals surface area contributed by atoms with Crippen LogP contribution in [0, 0.1) is 6.92 Å². The number of nitrogens with one attached hydrogen (secondary N) is 1. The summed E-state index contributed by atoms with van der Waals surface area (Å²) in [5, 5.41) is 20.6. The summed E-state index contributed by atoms with van der Waals surface area (Å²) in [6.07, 6.45) is 2.63. The molecule has 0 fully saturated rings. The number of aliphatic hydroxyl groups excluding tert-OH is 1. The average Bonchev–Trinajstić information content (AvgIpc) is 3.02. The van der Waals surface area contributed by atoms with E-state index >= 15 is 0 Å². The Hall–Kier alpha value is -1.86. The number of aliphatic hydroxyl groups is 1. The van der Waals surface area contributed by atoms with Crippen molar-refractivity contribution >= 4 is 34.1 Å². The van der Waals surface area contributed by atoms with Gasteiger partial charge in [-0.3, -0.25) is 4.68 Å². The summed E-state index contributed by atoms with van der Waals surface area (Å²) in [6, 6.07) is 5.46. The monoisotopic (exact) mass is 420 g/mol. The predicted octanol–water partition coefficient (Wildman–Crippen LogP) is 3.91. The third-order valence-corrected chi connectivity index (χ3v) is 5.55. The maximum absolute atomic E-state index is 10.9. The number of benzene rings is 1. The number of rotatable bonds is 4. The lowest BCUT2D eigenvalue weighted by molar-refractivity contribution is -0.0644. The Labute approximate surface area is 173 Å². The van der Waals surface area contributed by atoms with Gasteiger partial charge in [-0.2, -0.15) is 5.10 Å². The van der Waals surface area contributed by atoms with Crippen LogP contribution in [0.5, 0.6) is 5.75 Å². The highest BCUT2D eigenvalue weighted by atomic mass is 35.5. The molecule has 1 aromatic carbocycles. The minimum Gasteiger partial charge on any atom is -0.485 e. The molecule has 1 aliphatic heterocycles. The van der Waals surface area contributed by atoms with Gasteiger partial charge in [0.05, 0.1) is 29.3 Å². The zero-order chi connectivity index (χ0) is 20.1. The van der Waals surface area contributed by atoms with E-state index in [2.05, 4.69) is 15.4 Å². The third kappa shape index (κ3) is 3.57. The minimum atomic E-state index is -0.737. The van der Waals surface area contributed by atoms with Crippen LogP contribution < -0.4 is 10.1 Å². The smallest absolute Gasteiger partial charge is 0.131 e. The van der Waals surface area contributed by atoms with Crippen LogP contribution in [0.15, 0.2) is 30.6 Å². The average molecular weight is 421 g/mol. The Morgan fingerprint density at radius 1 is 1.29 bits per heavy atom. The summed E-state index contributed by atoms with van der Waals surface area (Å²) in [4.78, 5) is 4.44. The Morgan fingerprint density at radius 2 is 2.07 bits per heavy atom. The summed E-state index contributed by atoms with van der Waals surface area (Å²) in [7, 11) is 0. The highest BCUT2D eigenvalue weighted by Gasteiger charge is 2.42. The number of halogens is 2. The summed E-state index contributed by atoms with van der Waals surface area (Å²) < 4.78 is 7.90. The molecule has 8 heteroatoms. The molecule has 0 bridgehead atoms. The Bertz CT molecular complexity index is 1030. The number of pyridine rings is 1. The number of aryl methyl sites for hydroxylation is 1. The van der Waals surface area contributed by atoms with Gasteiger partial charge in [0.25, 0.3) is 0 Å². The molecule has 2 N–H and O–H groups in total. The molecule has 3 aromatic rings. The number of aromatic nitrogens is 3. The fourth-order valence-electron chi connectivity index (χ4n) is 3.66. The van der Waals surface area contributed by atoms with E-state index in [0.29, 0.717) is 23.3 Å². The lowest BCUT2D eigenvalue weighted by Gasteiger charge is -2.42. The molecule has 6 nitrogen and oxygen atoms in total. The molecule has 1 aliphatic rings. The second-order valence-electron chi connectivity index (χ2n) is 7.67. The fourth-order valence-corrected chi connectivity index (χ4v) is 4.07. The summed E-state index contributed by atoms with van der Waals surface area (Å²) in [6.45, 7) is 7.01. The van der Waals surface area contributed by atoms with Gasteiger partial charge in [0, 0.05) is 23.7 Å². The molecular weight excluding hydrogens is 399 g/mol. The molecule has 0 aliphatic carbocycles. The van der Waals surface area contributed by atoms with Gasteiger partial charge >= 0.3 is 0 Å². The molecule has 0 radical (unpaired) electrons. The normalized spacial score (nSPS) is 20.8. The van der Waals surface area contributed by atoms with E-state index in [1.165, 1.54) is 0 Å². The molecular formula is C20H22Cl2N4O2. The first-order valence-electron chi connectivity index (χ1n) is 9.14. The van der Waals surface area contributed by atoms with Gasteiger partial charge in [0.1, 0.15) is 22.6 Å². The first kappa shape index (κ1) is 19.5. The van der Waals surface area contributed by atoms with Crippen LogP contribution in [0.25, 0.3) is 10.9 Å². The molecule has 0 saturated carbocycles. The quantitative estimate of drug-likeness (QED) is 0.625. The lowest BCUT2D eigenvalue weighted by atomic mass is 9.85. The molecule has 2 aromatic heterocycles. The van der Waals surface area contributed by atoms with Crippen molar-refractivity contribution in [2.75, 3.05) is 6.54 Å². The fraction of sp³-hybridized carbons (Fsp3) is 0.400. The standard InChI is InChI=1S/C20H22Cl2N4O2/c1-11-6-17(22)25-15-7-14-16(8-13(11)15)28-20(2,3)19(27)18(14)23-4-5-26-10-12(21)9-24-26/h6-10,18-19,23,27H,4-5H2,1-3H3. The Kier molecular flexibility index (Phi) is 5.00. The largest absolute Gasteiger partial charge is 0.485 e. The Morgan fingerprint density at radius 3 is 2.79 bits per heavy atom. The van der Waals surface area contributed by atoms with Crippen molar-refractivity contribution < 1.29 is 9.84 Å². The molecule has 148 valence electrons. The third-order valence-electron chi connectivity index (χ3n) is 5.16. The zero-order valence-electron chi connectivity index (χ0n) is 15.9. The molecule has 2 unspecified atom stereocenters. The molecule has 4 rings (SSSR count). The van der Waals surface area contributed by atoms with Gasteiger partial charge in [0.15, 0.2) is 0 Å². The first-order chi connectivity index (χ1) is 13.2. The van der Waals surface area contributed by atoms with Gasteiger partial charge in [-0.15, -0.1) is 0 Å². The summed E-state index contributed by atoms with van der Waals surface area (Å²) >= 11 is 12.1. The van der Waals surface area contributed by atoms with Crippen LogP contribution in [0.2, 0.25) is 10.2 Å². The second-order valence-corrected chi connectivity index (χ2v) is 8.50. The van der Waals surface area contributed by atoms with E-state index in [-0.39, 0.29) is 6.04 Å². The van der Waals surface area contributed by atoms with Crippen LogP contribution in [-0.2, 0) is 6.54 Å². The maximum atomic E-state index is 10.9. The van der Waals surface area contributed by atoms with Crippen molar-refractivity contribution in [3.8, 4) is 5.75 Å². The van der Waals surface area contributed by atoms with Crippen molar-refractivity contribution in [2.45, 2.75) is 45.1 Å². The van der Waals surface area contributed by atoms with E-state index in [0.717, 1.165) is 27.8 Å². The minimum absolute atomic E-state index is 0.310. The van der Waals surface area contributed by atoms with Gasteiger partial charge in [-0.1, -0.05) is 23.2 Å². The number of nitrogens with zero attached hydrogens (tertiary/aromatic N) is 3. The van der Waals surface area contributed by atoms with E-state index < -0.39 is 11.7 Å².